The number of aryl methyl sites for hydroxylation is 1. The predicted molar refractivity (Wildman–Crippen MR) is 118 cm³/mol. The lowest BCUT2D eigenvalue weighted by atomic mass is 9.97. The summed E-state index contributed by atoms with van der Waals surface area (Å²) in [5, 5.41) is 8.72. The molecule has 4 rings (SSSR count). The molecule has 0 aromatic carbocycles. The van der Waals surface area contributed by atoms with Crippen LogP contribution >= 0.6 is 0 Å². The summed E-state index contributed by atoms with van der Waals surface area (Å²) in [6.07, 6.45) is 9.77. The van der Waals surface area contributed by atoms with Crippen LogP contribution in [0.1, 0.15) is 74.7 Å². The molecule has 1 N–H and O–H groups in total. The van der Waals surface area contributed by atoms with E-state index in [4.69, 9.17) is 14.8 Å². The van der Waals surface area contributed by atoms with Crippen molar-refractivity contribution in [2.75, 3.05) is 44.7 Å². The second-order valence-electron chi connectivity index (χ2n) is 8.64. The average molecular weight is 400 g/mol. The largest absolute Gasteiger partial charge is 0.381 e. The van der Waals surface area contributed by atoms with Crippen molar-refractivity contribution in [1.29, 1.82) is 0 Å². The van der Waals surface area contributed by atoms with Gasteiger partial charge in [-0.3, -0.25) is 0 Å². The summed E-state index contributed by atoms with van der Waals surface area (Å²) >= 11 is 0. The fourth-order valence-corrected chi connectivity index (χ4v) is 4.84. The van der Waals surface area contributed by atoms with E-state index >= 15 is 0 Å². The molecule has 0 spiro atoms. The van der Waals surface area contributed by atoms with E-state index in [1.807, 2.05) is 0 Å². The molecule has 0 bridgehead atoms. The van der Waals surface area contributed by atoms with E-state index in [1.165, 1.54) is 63.0 Å². The van der Waals surface area contributed by atoms with Crippen molar-refractivity contribution in [1.82, 2.24) is 19.5 Å². The Morgan fingerprint density at radius 2 is 1.90 bits per heavy atom. The molecule has 4 heterocycles. The number of likely N-dealkylation sites (tertiary alicyclic amines) is 1. The Morgan fingerprint density at radius 1 is 1.14 bits per heavy atom. The molecular weight excluding hydrogens is 362 g/mol. The molecule has 6 heteroatoms. The lowest BCUT2D eigenvalue weighted by Gasteiger charge is -2.20. The summed E-state index contributed by atoms with van der Waals surface area (Å²) in [5.74, 6) is 1.64. The number of nitrogens with one attached hydrogen (secondary N) is 1. The number of aromatic nitrogens is 3. The molecule has 0 saturated carbocycles. The second-order valence-corrected chi connectivity index (χ2v) is 8.64. The fraction of sp³-hybridized carbons (Fsp3) is 0.739. The maximum absolute atomic E-state index is 5.53. The number of hydrogen-bond donors (Lipinski definition) is 1. The molecular formula is C23H37N5O. The van der Waals surface area contributed by atoms with Gasteiger partial charge in [-0.25, -0.2) is 4.98 Å². The van der Waals surface area contributed by atoms with Crippen LogP contribution in [-0.4, -0.2) is 58.9 Å². The smallest absolute Gasteiger partial charge is 0.157 e. The van der Waals surface area contributed by atoms with Crippen LogP contribution in [-0.2, 0) is 11.2 Å². The van der Waals surface area contributed by atoms with E-state index in [0.29, 0.717) is 5.92 Å². The number of ether oxygens (including phenoxy) is 1. The highest BCUT2D eigenvalue weighted by atomic mass is 16.5. The van der Waals surface area contributed by atoms with Crippen LogP contribution in [0, 0.1) is 6.92 Å². The van der Waals surface area contributed by atoms with Crippen molar-refractivity contribution in [3.63, 3.8) is 0 Å². The zero-order valence-corrected chi connectivity index (χ0v) is 18.3. The molecule has 29 heavy (non-hydrogen) atoms. The van der Waals surface area contributed by atoms with Crippen LogP contribution in [0.25, 0.3) is 5.65 Å². The topological polar surface area (TPSA) is 54.7 Å². The summed E-state index contributed by atoms with van der Waals surface area (Å²) in [6.45, 7) is 10.7. The monoisotopic (exact) mass is 399 g/mol. The third-order valence-electron chi connectivity index (χ3n) is 6.56. The average Bonchev–Trinajstić information content (AvgIpc) is 2.99. The molecule has 2 saturated heterocycles. The van der Waals surface area contributed by atoms with Crippen molar-refractivity contribution in [3.05, 3.63) is 23.0 Å². The molecule has 6 nitrogen and oxygen atoms in total. The third-order valence-corrected chi connectivity index (χ3v) is 6.56. The maximum Gasteiger partial charge on any atom is 0.157 e. The van der Waals surface area contributed by atoms with E-state index in [9.17, 15) is 0 Å². The molecule has 0 amide bonds. The highest BCUT2D eigenvalue weighted by Gasteiger charge is 2.21. The molecule has 0 atom stereocenters. The van der Waals surface area contributed by atoms with Crippen molar-refractivity contribution in [2.24, 2.45) is 0 Å². The van der Waals surface area contributed by atoms with E-state index < -0.39 is 0 Å². The van der Waals surface area contributed by atoms with Gasteiger partial charge >= 0.3 is 0 Å². The summed E-state index contributed by atoms with van der Waals surface area (Å²) in [5.41, 5.74) is 4.54. The Labute approximate surface area is 175 Å². The van der Waals surface area contributed by atoms with E-state index in [0.717, 1.165) is 56.2 Å². The number of fused-ring (bicyclic) bond motifs is 1. The van der Waals surface area contributed by atoms with Gasteiger partial charge in [0.25, 0.3) is 0 Å². The van der Waals surface area contributed by atoms with Gasteiger partial charge in [-0.15, -0.1) is 0 Å². The number of nitrogens with zero attached hydrogens (tertiary/aromatic N) is 4. The van der Waals surface area contributed by atoms with Gasteiger partial charge in [0, 0.05) is 43.0 Å². The Bertz CT molecular complexity index is 788. The molecule has 2 aromatic rings. The van der Waals surface area contributed by atoms with Crippen molar-refractivity contribution in [2.45, 2.75) is 71.1 Å². The molecule has 2 aliphatic heterocycles. The van der Waals surface area contributed by atoms with E-state index in [2.05, 4.69) is 34.6 Å². The van der Waals surface area contributed by atoms with Crippen LogP contribution in [0.4, 0.5) is 5.82 Å². The first-order chi connectivity index (χ1) is 14.3. The van der Waals surface area contributed by atoms with Crippen LogP contribution in [0.5, 0.6) is 0 Å². The van der Waals surface area contributed by atoms with Gasteiger partial charge in [0.2, 0.25) is 0 Å². The summed E-state index contributed by atoms with van der Waals surface area (Å²) < 4.78 is 7.59. The van der Waals surface area contributed by atoms with Gasteiger partial charge in [-0.1, -0.05) is 19.8 Å². The minimum absolute atomic E-state index is 0.492. The number of hydrogen-bond acceptors (Lipinski definition) is 5. The van der Waals surface area contributed by atoms with Gasteiger partial charge in [0.1, 0.15) is 5.82 Å². The van der Waals surface area contributed by atoms with Crippen LogP contribution in [0.3, 0.4) is 0 Å². The molecule has 2 aliphatic rings. The van der Waals surface area contributed by atoms with E-state index in [1.54, 1.807) is 0 Å². The Morgan fingerprint density at radius 3 is 2.62 bits per heavy atom. The zero-order chi connectivity index (χ0) is 20.1. The SMILES string of the molecule is CCc1c(C)nc2cc(C3CCOCC3)nn2c1NCCCN1CCCCCC1. The standard InChI is InChI=1S/C23H37N5O/c1-3-20-18(2)25-22-17-21(19-9-15-29-16-10-19)26-28(22)23(20)24-11-8-14-27-12-6-4-5-7-13-27/h17,19,24H,3-16H2,1-2H3. The van der Waals surface area contributed by atoms with Crippen LogP contribution < -0.4 is 5.32 Å². The first-order valence-electron chi connectivity index (χ1n) is 11.7. The van der Waals surface area contributed by atoms with Gasteiger partial charge in [0.15, 0.2) is 5.65 Å². The maximum atomic E-state index is 5.53. The molecule has 0 aliphatic carbocycles. The normalized spacial score (nSPS) is 19.5. The lowest BCUT2D eigenvalue weighted by molar-refractivity contribution is 0.0844. The molecule has 2 fully saturated rings. The van der Waals surface area contributed by atoms with Gasteiger partial charge in [-0.05, 0) is 65.1 Å². The molecule has 2 aromatic heterocycles. The minimum atomic E-state index is 0.492. The molecule has 0 radical (unpaired) electrons. The quantitative estimate of drug-likeness (QED) is 0.708. The van der Waals surface area contributed by atoms with Crippen LogP contribution in [0.2, 0.25) is 0 Å². The third kappa shape index (κ3) is 4.92. The lowest BCUT2D eigenvalue weighted by Crippen LogP contribution is -2.27. The summed E-state index contributed by atoms with van der Waals surface area (Å²) in [7, 11) is 0. The zero-order valence-electron chi connectivity index (χ0n) is 18.3. The fourth-order valence-electron chi connectivity index (χ4n) is 4.84. The van der Waals surface area contributed by atoms with Gasteiger partial charge in [0.05, 0.1) is 5.69 Å². The second kappa shape index (κ2) is 9.90. The Balaban J connectivity index is 1.47. The first kappa shape index (κ1) is 20.6. The first-order valence-corrected chi connectivity index (χ1v) is 11.7. The van der Waals surface area contributed by atoms with Gasteiger partial charge in [-0.2, -0.15) is 9.61 Å². The minimum Gasteiger partial charge on any atom is -0.381 e. The van der Waals surface area contributed by atoms with E-state index in [-0.39, 0.29) is 0 Å². The predicted octanol–water partition coefficient (Wildman–Crippen LogP) is 4.17. The number of rotatable bonds is 7. The molecule has 160 valence electrons. The van der Waals surface area contributed by atoms with Crippen molar-refractivity contribution in [3.8, 4) is 0 Å². The van der Waals surface area contributed by atoms with Gasteiger partial charge < -0.3 is 15.0 Å². The van der Waals surface area contributed by atoms with Crippen molar-refractivity contribution >= 4 is 11.5 Å². The summed E-state index contributed by atoms with van der Waals surface area (Å²) in [6, 6.07) is 2.19. The number of anilines is 1. The molecule has 0 unspecified atom stereocenters. The Kier molecular flexibility index (Phi) is 7.03. The highest BCUT2D eigenvalue weighted by Crippen LogP contribution is 2.29. The van der Waals surface area contributed by atoms with Crippen LogP contribution in [0.15, 0.2) is 6.07 Å². The highest BCUT2D eigenvalue weighted by molar-refractivity contribution is 5.56. The summed E-state index contributed by atoms with van der Waals surface area (Å²) in [4.78, 5) is 7.49. The van der Waals surface area contributed by atoms with Crippen molar-refractivity contribution < 1.29 is 4.74 Å². The Hall–Kier alpha value is -1.66.